The topological polar surface area (TPSA) is 97.4 Å². The molecule has 27 heavy (non-hydrogen) atoms. The van der Waals surface area contributed by atoms with Crippen LogP contribution in [0.5, 0.6) is 0 Å². The SMILES string of the molecule is CC(C)(C)n1nnnc1SCC(=O)C(C#N)c1nc(-c2ccccc2)cs1. The van der Waals surface area contributed by atoms with Crippen LogP contribution in [0.4, 0.5) is 0 Å². The number of ketones is 1. The number of nitrogens with zero attached hydrogens (tertiary/aromatic N) is 6. The van der Waals surface area contributed by atoms with E-state index >= 15 is 0 Å². The van der Waals surface area contributed by atoms with Crippen LogP contribution >= 0.6 is 23.1 Å². The third-order valence-corrected chi connectivity index (χ3v) is 5.56. The van der Waals surface area contributed by atoms with Crippen molar-refractivity contribution in [2.45, 2.75) is 37.4 Å². The zero-order chi connectivity index (χ0) is 19.4. The molecule has 9 heteroatoms. The minimum absolute atomic E-state index is 0.106. The Balaban J connectivity index is 1.72. The molecule has 3 aromatic rings. The van der Waals surface area contributed by atoms with Crippen LogP contribution in [0.15, 0.2) is 40.9 Å². The summed E-state index contributed by atoms with van der Waals surface area (Å²) in [5.74, 6) is -0.992. The molecule has 0 saturated carbocycles. The Morgan fingerprint density at radius 1 is 1.33 bits per heavy atom. The molecule has 0 amide bonds. The Bertz CT molecular complexity index is 968. The molecule has 0 N–H and O–H groups in total. The number of rotatable bonds is 6. The minimum Gasteiger partial charge on any atom is -0.297 e. The van der Waals surface area contributed by atoms with E-state index in [9.17, 15) is 10.1 Å². The summed E-state index contributed by atoms with van der Waals surface area (Å²) in [5, 5.41) is 24.1. The Morgan fingerprint density at radius 2 is 2.07 bits per heavy atom. The maximum absolute atomic E-state index is 12.6. The number of Topliss-reactive ketones (excluding diaryl/α,β-unsaturated/α-hetero) is 1. The van der Waals surface area contributed by atoms with Crippen LogP contribution in [0.25, 0.3) is 11.3 Å². The highest BCUT2D eigenvalue weighted by molar-refractivity contribution is 7.99. The van der Waals surface area contributed by atoms with Crippen molar-refractivity contribution < 1.29 is 4.79 Å². The summed E-state index contributed by atoms with van der Waals surface area (Å²) in [6.45, 7) is 5.94. The van der Waals surface area contributed by atoms with Crippen LogP contribution in [0.1, 0.15) is 31.7 Å². The van der Waals surface area contributed by atoms with Crippen molar-refractivity contribution in [3.05, 3.63) is 40.7 Å². The second-order valence-electron chi connectivity index (χ2n) is 6.80. The van der Waals surface area contributed by atoms with Gasteiger partial charge in [0.05, 0.1) is 23.1 Å². The first-order valence-corrected chi connectivity index (χ1v) is 10.1. The third-order valence-electron chi connectivity index (χ3n) is 3.71. The first kappa shape index (κ1) is 19.2. The molecule has 1 unspecified atom stereocenters. The van der Waals surface area contributed by atoms with E-state index < -0.39 is 5.92 Å². The molecule has 0 saturated heterocycles. The van der Waals surface area contributed by atoms with Crippen LogP contribution < -0.4 is 0 Å². The largest absolute Gasteiger partial charge is 0.297 e. The van der Waals surface area contributed by atoms with Gasteiger partial charge in [-0.1, -0.05) is 42.1 Å². The fourth-order valence-electron chi connectivity index (χ4n) is 2.34. The van der Waals surface area contributed by atoms with Gasteiger partial charge in [0.25, 0.3) is 0 Å². The van der Waals surface area contributed by atoms with Gasteiger partial charge in [0, 0.05) is 10.9 Å². The molecule has 1 aromatic carbocycles. The molecule has 0 aliphatic heterocycles. The molecule has 138 valence electrons. The van der Waals surface area contributed by atoms with E-state index in [-0.39, 0.29) is 17.1 Å². The summed E-state index contributed by atoms with van der Waals surface area (Å²) in [5.41, 5.74) is 1.44. The van der Waals surface area contributed by atoms with Crippen LogP contribution in [0, 0.1) is 11.3 Å². The monoisotopic (exact) mass is 398 g/mol. The van der Waals surface area contributed by atoms with Gasteiger partial charge in [-0.25, -0.2) is 9.67 Å². The predicted octanol–water partition coefficient (Wildman–Crippen LogP) is 3.52. The van der Waals surface area contributed by atoms with Crippen LogP contribution in [-0.2, 0) is 10.3 Å². The average Bonchev–Trinajstić information content (AvgIpc) is 3.31. The normalized spacial score (nSPS) is 12.5. The molecule has 3 rings (SSSR count). The van der Waals surface area contributed by atoms with E-state index in [1.54, 1.807) is 4.68 Å². The lowest BCUT2D eigenvalue weighted by Gasteiger charge is -2.19. The highest BCUT2D eigenvalue weighted by atomic mass is 32.2. The lowest BCUT2D eigenvalue weighted by Crippen LogP contribution is -2.24. The molecular formula is C18H18N6OS2. The van der Waals surface area contributed by atoms with E-state index in [1.165, 1.54) is 23.1 Å². The number of nitriles is 1. The number of aromatic nitrogens is 5. The van der Waals surface area contributed by atoms with Gasteiger partial charge < -0.3 is 0 Å². The van der Waals surface area contributed by atoms with Gasteiger partial charge in [0.15, 0.2) is 11.7 Å². The number of benzene rings is 1. The summed E-state index contributed by atoms with van der Waals surface area (Å²) in [7, 11) is 0. The van der Waals surface area contributed by atoms with Crippen LogP contribution in [0.3, 0.4) is 0 Å². The van der Waals surface area contributed by atoms with Gasteiger partial charge in [0.1, 0.15) is 5.01 Å². The van der Waals surface area contributed by atoms with E-state index in [0.29, 0.717) is 10.2 Å². The maximum Gasteiger partial charge on any atom is 0.210 e. The highest BCUT2D eigenvalue weighted by Crippen LogP contribution is 2.29. The Labute approximate surface area is 165 Å². The van der Waals surface area contributed by atoms with Crippen LogP contribution in [-0.4, -0.2) is 36.7 Å². The summed E-state index contributed by atoms with van der Waals surface area (Å²) >= 11 is 2.56. The van der Waals surface area contributed by atoms with Crippen molar-refractivity contribution in [3.8, 4) is 17.3 Å². The molecule has 7 nitrogen and oxygen atoms in total. The second-order valence-corrected chi connectivity index (χ2v) is 8.63. The number of thiazole rings is 1. The first-order chi connectivity index (χ1) is 12.9. The average molecular weight is 399 g/mol. The van der Waals surface area contributed by atoms with Crippen molar-refractivity contribution in [2.75, 3.05) is 5.75 Å². The van der Waals surface area contributed by atoms with Crippen molar-refractivity contribution in [1.82, 2.24) is 25.2 Å². The third kappa shape index (κ3) is 4.40. The first-order valence-electron chi connectivity index (χ1n) is 8.25. The minimum atomic E-state index is -0.890. The summed E-state index contributed by atoms with van der Waals surface area (Å²) < 4.78 is 1.67. The van der Waals surface area contributed by atoms with E-state index in [0.717, 1.165) is 11.3 Å². The fraction of sp³-hybridized carbons (Fsp3) is 0.333. The van der Waals surface area contributed by atoms with Crippen molar-refractivity contribution >= 4 is 28.9 Å². The Kier molecular flexibility index (Phi) is 5.68. The number of thioether (sulfide) groups is 1. The molecule has 0 bridgehead atoms. The number of carbonyl (C=O) groups is 1. The second kappa shape index (κ2) is 7.98. The highest BCUT2D eigenvalue weighted by Gasteiger charge is 2.26. The van der Waals surface area contributed by atoms with Crippen molar-refractivity contribution in [1.29, 1.82) is 5.26 Å². The van der Waals surface area contributed by atoms with Gasteiger partial charge in [-0.15, -0.1) is 16.4 Å². The van der Waals surface area contributed by atoms with Gasteiger partial charge >= 0.3 is 0 Å². The van der Waals surface area contributed by atoms with Crippen molar-refractivity contribution in [2.24, 2.45) is 0 Å². The Hall–Kier alpha value is -2.57. The van der Waals surface area contributed by atoms with Crippen molar-refractivity contribution in [3.63, 3.8) is 0 Å². The van der Waals surface area contributed by atoms with E-state index in [1.807, 2.05) is 56.5 Å². The number of hydrogen-bond acceptors (Lipinski definition) is 8. The number of carbonyl (C=O) groups excluding carboxylic acids is 1. The molecule has 0 radical (unpaired) electrons. The molecule has 0 aliphatic rings. The lowest BCUT2D eigenvalue weighted by atomic mass is 10.1. The predicted molar refractivity (Wildman–Crippen MR) is 104 cm³/mol. The van der Waals surface area contributed by atoms with E-state index in [4.69, 9.17) is 0 Å². The standard InChI is InChI=1S/C18H18N6OS2/c1-18(2,3)24-17(21-22-23-24)27-11-15(25)13(9-19)16-20-14(10-26-16)12-7-5-4-6-8-12/h4-8,10,13H,11H2,1-3H3. The molecule has 2 aromatic heterocycles. The van der Waals surface area contributed by atoms with Gasteiger partial charge in [0.2, 0.25) is 5.16 Å². The lowest BCUT2D eigenvalue weighted by molar-refractivity contribution is -0.116. The zero-order valence-electron chi connectivity index (χ0n) is 15.2. The van der Waals surface area contributed by atoms with E-state index in [2.05, 4.69) is 26.6 Å². The Morgan fingerprint density at radius 3 is 2.74 bits per heavy atom. The van der Waals surface area contributed by atoms with Gasteiger partial charge in [-0.05, 0) is 31.2 Å². The van der Waals surface area contributed by atoms with Gasteiger partial charge in [-0.3, -0.25) is 4.79 Å². The molecular weight excluding hydrogens is 380 g/mol. The molecule has 1 atom stereocenters. The molecule has 0 fully saturated rings. The van der Waals surface area contributed by atoms with Crippen LogP contribution in [0.2, 0.25) is 0 Å². The quantitative estimate of drug-likeness (QED) is 0.586. The number of hydrogen-bond donors (Lipinski definition) is 0. The fourth-order valence-corrected chi connectivity index (χ4v) is 4.19. The molecule has 2 heterocycles. The summed E-state index contributed by atoms with van der Waals surface area (Å²) in [6.07, 6.45) is 0. The summed E-state index contributed by atoms with van der Waals surface area (Å²) in [4.78, 5) is 17.1. The molecule has 0 aliphatic carbocycles. The zero-order valence-corrected chi connectivity index (χ0v) is 16.8. The van der Waals surface area contributed by atoms with Gasteiger partial charge in [-0.2, -0.15) is 5.26 Å². The summed E-state index contributed by atoms with van der Waals surface area (Å²) in [6, 6.07) is 11.8. The number of tetrazole rings is 1. The maximum atomic E-state index is 12.6. The molecule has 0 spiro atoms. The smallest absolute Gasteiger partial charge is 0.210 e.